The minimum absolute atomic E-state index is 0.0818. The Morgan fingerprint density at radius 1 is 1.50 bits per heavy atom. The van der Waals surface area contributed by atoms with E-state index in [0.717, 1.165) is 12.8 Å². The fraction of sp³-hybridized carbons (Fsp3) is 1.00. The van der Waals surface area contributed by atoms with Gasteiger partial charge in [0.2, 0.25) is 0 Å². The molecule has 0 N–H and O–H groups in total. The van der Waals surface area contributed by atoms with E-state index in [1.54, 1.807) is 0 Å². The van der Waals surface area contributed by atoms with E-state index in [0.29, 0.717) is 6.54 Å². The van der Waals surface area contributed by atoms with Gasteiger partial charge in [-0.1, -0.05) is 0 Å². The Morgan fingerprint density at radius 2 is 2.14 bits per heavy atom. The van der Waals surface area contributed by atoms with Gasteiger partial charge in [0.05, 0.1) is 12.6 Å². The third kappa shape index (κ3) is 3.13. The van der Waals surface area contributed by atoms with Gasteiger partial charge in [0.25, 0.3) is 0 Å². The monoisotopic (exact) mass is 211 g/mol. The van der Waals surface area contributed by atoms with E-state index in [1.165, 1.54) is 12.0 Å². The maximum Gasteiger partial charge on any atom is 0.401 e. The van der Waals surface area contributed by atoms with E-state index in [9.17, 15) is 13.2 Å². The van der Waals surface area contributed by atoms with E-state index in [1.807, 2.05) is 6.92 Å². The molecule has 2 nitrogen and oxygen atoms in total. The Balaban J connectivity index is 2.51. The summed E-state index contributed by atoms with van der Waals surface area (Å²) in [5.74, 6) is 0. The molecule has 0 aromatic rings. The standard InChI is InChI=1S/C9H16F3NO/c1-7(14-2)8-4-3-5-13(8)6-9(10,11)12/h7-8H,3-6H2,1-2H3. The zero-order valence-electron chi connectivity index (χ0n) is 8.47. The van der Waals surface area contributed by atoms with Crippen molar-refractivity contribution in [2.45, 2.75) is 38.1 Å². The lowest BCUT2D eigenvalue weighted by molar-refractivity contribution is -0.151. The normalized spacial score (nSPS) is 26.8. The van der Waals surface area contributed by atoms with Gasteiger partial charge in [-0.3, -0.25) is 4.90 Å². The Hall–Kier alpha value is -0.290. The third-order valence-corrected chi connectivity index (χ3v) is 2.71. The number of alkyl halides is 3. The first-order valence-electron chi connectivity index (χ1n) is 4.77. The molecule has 1 aliphatic rings. The van der Waals surface area contributed by atoms with Crippen LogP contribution in [0.3, 0.4) is 0 Å². The maximum absolute atomic E-state index is 12.2. The van der Waals surface area contributed by atoms with Crippen LogP contribution in [0.4, 0.5) is 13.2 Å². The van der Waals surface area contributed by atoms with E-state index >= 15 is 0 Å². The summed E-state index contributed by atoms with van der Waals surface area (Å²) in [7, 11) is 1.54. The quantitative estimate of drug-likeness (QED) is 0.708. The molecule has 0 radical (unpaired) electrons. The van der Waals surface area contributed by atoms with Crippen molar-refractivity contribution in [3.05, 3.63) is 0 Å². The highest BCUT2D eigenvalue weighted by molar-refractivity contribution is 4.84. The summed E-state index contributed by atoms with van der Waals surface area (Å²) < 4.78 is 41.6. The summed E-state index contributed by atoms with van der Waals surface area (Å²) in [5.41, 5.74) is 0. The first kappa shape index (κ1) is 11.8. The molecule has 0 aromatic heterocycles. The van der Waals surface area contributed by atoms with Crippen molar-refractivity contribution in [3.63, 3.8) is 0 Å². The Labute approximate surface area is 82.0 Å². The van der Waals surface area contributed by atoms with Crippen molar-refractivity contribution in [1.29, 1.82) is 0 Å². The number of likely N-dealkylation sites (tertiary alicyclic amines) is 1. The van der Waals surface area contributed by atoms with Crippen LogP contribution in [0.5, 0.6) is 0 Å². The molecule has 1 saturated heterocycles. The van der Waals surface area contributed by atoms with Gasteiger partial charge in [0.1, 0.15) is 0 Å². The van der Waals surface area contributed by atoms with Gasteiger partial charge in [-0.15, -0.1) is 0 Å². The molecule has 1 fully saturated rings. The van der Waals surface area contributed by atoms with Crippen LogP contribution in [0.1, 0.15) is 19.8 Å². The Kier molecular flexibility index (Phi) is 3.78. The van der Waals surface area contributed by atoms with Crippen molar-refractivity contribution >= 4 is 0 Å². The largest absolute Gasteiger partial charge is 0.401 e. The van der Waals surface area contributed by atoms with Gasteiger partial charge >= 0.3 is 6.18 Å². The van der Waals surface area contributed by atoms with Crippen LogP contribution in [0, 0.1) is 0 Å². The topological polar surface area (TPSA) is 12.5 Å². The molecule has 1 heterocycles. The average molecular weight is 211 g/mol. The predicted molar refractivity (Wildman–Crippen MR) is 47.1 cm³/mol. The second-order valence-corrected chi connectivity index (χ2v) is 3.74. The zero-order valence-corrected chi connectivity index (χ0v) is 8.47. The van der Waals surface area contributed by atoms with Crippen molar-refractivity contribution in [2.75, 3.05) is 20.2 Å². The van der Waals surface area contributed by atoms with Crippen LogP contribution in [-0.2, 0) is 4.74 Å². The van der Waals surface area contributed by atoms with E-state index in [4.69, 9.17) is 4.74 Å². The first-order chi connectivity index (χ1) is 6.44. The summed E-state index contributed by atoms with van der Waals surface area (Å²) in [4.78, 5) is 1.47. The highest BCUT2D eigenvalue weighted by Crippen LogP contribution is 2.26. The van der Waals surface area contributed by atoms with Gasteiger partial charge in [-0.2, -0.15) is 13.2 Å². The SMILES string of the molecule is COC(C)C1CCCN1CC(F)(F)F. The minimum atomic E-state index is -4.10. The van der Waals surface area contributed by atoms with Gasteiger partial charge < -0.3 is 4.74 Å². The Bertz CT molecular complexity index is 183. The lowest BCUT2D eigenvalue weighted by Crippen LogP contribution is -2.43. The number of hydrogen-bond donors (Lipinski definition) is 0. The van der Waals surface area contributed by atoms with Crippen LogP contribution < -0.4 is 0 Å². The van der Waals surface area contributed by atoms with Gasteiger partial charge in [-0.25, -0.2) is 0 Å². The predicted octanol–water partition coefficient (Wildman–Crippen LogP) is 2.05. The summed E-state index contributed by atoms with van der Waals surface area (Å²) in [6, 6.07) is -0.0818. The average Bonchev–Trinajstić information content (AvgIpc) is 2.48. The molecule has 0 spiro atoms. The lowest BCUT2D eigenvalue weighted by Gasteiger charge is -2.29. The van der Waals surface area contributed by atoms with Crippen LogP contribution >= 0.6 is 0 Å². The van der Waals surface area contributed by atoms with E-state index in [2.05, 4.69) is 0 Å². The fourth-order valence-electron chi connectivity index (χ4n) is 1.97. The number of hydrogen-bond acceptors (Lipinski definition) is 2. The molecular formula is C9H16F3NO. The van der Waals surface area contributed by atoms with Crippen molar-refractivity contribution in [1.82, 2.24) is 4.90 Å². The molecule has 0 bridgehead atoms. The van der Waals surface area contributed by atoms with Gasteiger partial charge in [0, 0.05) is 13.2 Å². The molecule has 0 saturated carbocycles. The van der Waals surface area contributed by atoms with Crippen LogP contribution in [-0.4, -0.2) is 43.4 Å². The van der Waals surface area contributed by atoms with Crippen LogP contribution in [0.25, 0.3) is 0 Å². The zero-order chi connectivity index (χ0) is 10.8. The number of ether oxygens (including phenoxy) is 1. The van der Waals surface area contributed by atoms with E-state index < -0.39 is 12.7 Å². The maximum atomic E-state index is 12.2. The molecule has 0 aliphatic carbocycles. The molecule has 2 atom stereocenters. The summed E-state index contributed by atoms with van der Waals surface area (Å²) in [6.45, 7) is 1.53. The fourth-order valence-corrected chi connectivity index (χ4v) is 1.97. The van der Waals surface area contributed by atoms with Crippen molar-refractivity contribution < 1.29 is 17.9 Å². The number of rotatable bonds is 3. The molecule has 0 amide bonds. The molecular weight excluding hydrogens is 195 g/mol. The molecule has 14 heavy (non-hydrogen) atoms. The molecule has 0 aromatic carbocycles. The summed E-state index contributed by atoms with van der Waals surface area (Å²) >= 11 is 0. The second kappa shape index (κ2) is 4.49. The minimum Gasteiger partial charge on any atom is -0.380 e. The smallest absolute Gasteiger partial charge is 0.380 e. The third-order valence-electron chi connectivity index (χ3n) is 2.71. The first-order valence-corrected chi connectivity index (χ1v) is 4.77. The van der Waals surface area contributed by atoms with Crippen LogP contribution in [0.15, 0.2) is 0 Å². The number of halogens is 3. The number of methoxy groups -OCH3 is 1. The van der Waals surface area contributed by atoms with Crippen molar-refractivity contribution in [2.24, 2.45) is 0 Å². The summed E-state index contributed by atoms with van der Waals surface area (Å²) in [5, 5.41) is 0. The van der Waals surface area contributed by atoms with Crippen LogP contribution in [0.2, 0.25) is 0 Å². The molecule has 1 aliphatic heterocycles. The van der Waals surface area contributed by atoms with Gasteiger partial charge in [-0.05, 0) is 26.3 Å². The highest BCUT2D eigenvalue weighted by atomic mass is 19.4. The lowest BCUT2D eigenvalue weighted by atomic mass is 10.1. The summed E-state index contributed by atoms with van der Waals surface area (Å²) in [6.07, 6.45) is -2.60. The van der Waals surface area contributed by atoms with E-state index in [-0.39, 0.29) is 12.1 Å². The molecule has 1 rings (SSSR count). The van der Waals surface area contributed by atoms with Gasteiger partial charge in [0.15, 0.2) is 0 Å². The second-order valence-electron chi connectivity index (χ2n) is 3.74. The Morgan fingerprint density at radius 3 is 2.64 bits per heavy atom. The molecule has 84 valence electrons. The van der Waals surface area contributed by atoms with Crippen molar-refractivity contribution in [3.8, 4) is 0 Å². The highest BCUT2D eigenvalue weighted by Gasteiger charge is 2.37. The molecule has 2 unspecified atom stereocenters. The molecule has 5 heteroatoms. The number of nitrogens with zero attached hydrogens (tertiary/aromatic N) is 1.